The number of allylic oxidation sites excluding steroid dienone is 3. The van der Waals surface area contributed by atoms with Gasteiger partial charge in [0.2, 0.25) is 0 Å². The van der Waals surface area contributed by atoms with Gasteiger partial charge in [-0.1, -0.05) is 24.8 Å². The Balaban J connectivity index is 1.81. The molecule has 0 unspecified atom stereocenters. The molecule has 1 heterocycles. The van der Waals surface area contributed by atoms with Gasteiger partial charge in [0.25, 0.3) is 5.91 Å². The number of anilines is 2. The lowest BCUT2D eigenvalue weighted by Crippen LogP contribution is -2.13. The molecule has 0 aliphatic rings. The van der Waals surface area contributed by atoms with Crippen LogP contribution in [-0.2, 0) is 4.79 Å². The Kier molecular flexibility index (Phi) is 6.60. The average molecular weight is 416 g/mol. The second-order valence-electron chi connectivity index (χ2n) is 7.76. The molecule has 1 amide bonds. The number of carbonyl (C=O) groups is 1. The van der Waals surface area contributed by atoms with Gasteiger partial charge < -0.3 is 20.1 Å². The zero-order valence-electron chi connectivity index (χ0n) is 18.7. The second kappa shape index (κ2) is 9.34. The monoisotopic (exact) mass is 415 g/mol. The summed E-state index contributed by atoms with van der Waals surface area (Å²) >= 11 is 0. The maximum Gasteiger partial charge on any atom is 0.251 e. The maximum absolute atomic E-state index is 12.6. The summed E-state index contributed by atoms with van der Waals surface area (Å²) in [4.78, 5) is 24.6. The number of nitrogens with one attached hydrogen (secondary N) is 2. The minimum Gasteiger partial charge on any atom is -0.378 e. The van der Waals surface area contributed by atoms with Crippen LogP contribution in [0.4, 0.5) is 11.4 Å². The van der Waals surface area contributed by atoms with E-state index in [0.717, 1.165) is 33.8 Å². The summed E-state index contributed by atoms with van der Waals surface area (Å²) in [6.07, 6.45) is 5.40. The number of hydrogen-bond donors (Lipinski definition) is 2. The highest BCUT2D eigenvalue weighted by Crippen LogP contribution is 2.25. The molecule has 0 bridgehead atoms. The van der Waals surface area contributed by atoms with Crippen LogP contribution >= 0.6 is 0 Å². The number of likely N-dealkylation sites (N-methyl/N-ethyl adjacent to an activating group) is 1. The third-order valence-corrected chi connectivity index (χ3v) is 4.96. The Bertz CT molecular complexity index is 1170. The van der Waals surface area contributed by atoms with Gasteiger partial charge in [-0.05, 0) is 49.4 Å². The fourth-order valence-corrected chi connectivity index (χ4v) is 3.07. The van der Waals surface area contributed by atoms with E-state index >= 15 is 0 Å². The van der Waals surface area contributed by atoms with Crippen LogP contribution in [0.1, 0.15) is 6.92 Å². The predicted octanol–water partition coefficient (Wildman–Crippen LogP) is 4.81. The van der Waals surface area contributed by atoms with Crippen molar-refractivity contribution in [3.05, 3.63) is 78.5 Å². The maximum atomic E-state index is 12.6. The molecule has 160 valence electrons. The Hall–Kier alpha value is -3.80. The molecule has 0 aliphatic heterocycles. The van der Waals surface area contributed by atoms with Crippen molar-refractivity contribution in [2.45, 2.75) is 6.92 Å². The van der Waals surface area contributed by atoms with E-state index in [0.29, 0.717) is 11.3 Å². The Morgan fingerprint density at radius 3 is 2.55 bits per heavy atom. The first-order chi connectivity index (χ1) is 14.8. The van der Waals surface area contributed by atoms with Crippen molar-refractivity contribution in [1.29, 1.82) is 0 Å². The minimum absolute atomic E-state index is 0.160. The number of rotatable bonds is 7. The van der Waals surface area contributed by atoms with Crippen molar-refractivity contribution in [3.8, 4) is 11.4 Å². The average Bonchev–Trinajstić information content (AvgIpc) is 3.17. The summed E-state index contributed by atoms with van der Waals surface area (Å²) in [5, 5.41) is 2.94. The zero-order valence-corrected chi connectivity index (χ0v) is 18.7. The number of nitrogens with zero attached hydrogens (tertiary/aromatic N) is 3. The SMILES string of the molecule is C=C/C(=C\C=C(/C)C(=O)Nc1ccc2[nH]c(-c3cccc(N(C)C)c3)nc2c1)N(C)C. The lowest BCUT2D eigenvalue weighted by molar-refractivity contribution is -0.112. The van der Waals surface area contributed by atoms with Crippen LogP contribution in [0.2, 0.25) is 0 Å². The number of hydrogen-bond acceptors (Lipinski definition) is 4. The number of aromatic amines is 1. The number of carbonyl (C=O) groups excluding carboxylic acids is 1. The van der Waals surface area contributed by atoms with Crippen LogP contribution in [-0.4, -0.2) is 49.0 Å². The summed E-state index contributed by atoms with van der Waals surface area (Å²) in [6.45, 7) is 5.57. The summed E-state index contributed by atoms with van der Waals surface area (Å²) < 4.78 is 0. The predicted molar refractivity (Wildman–Crippen MR) is 130 cm³/mol. The highest BCUT2D eigenvalue weighted by Gasteiger charge is 2.09. The standard InChI is InChI=1S/C25H29N5O/c1-7-20(29(3)4)13-11-17(2)25(31)26-19-12-14-22-23(16-19)28-24(27-22)18-9-8-10-21(15-18)30(5)6/h7-16H,1H2,2-6H3,(H,26,31)(H,27,28)/b17-11+,20-13+. The van der Waals surface area contributed by atoms with Crippen LogP contribution in [0.25, 0.3) is 22.4 Å². The van der Waals surface area contributed by atoms with Gasteiger partial charge in [-0.25, -0.2) is 4.98 Å². The smallest absolute Gasteiger partial charge is 0.251 e. The van der Waals surface area contributed by atoms with Gasteiger partial charge in [0.1, 0.15) is 5.82 Å². The normalized spacial score (nSPS) is 12.0. The first-order valence-electron chi connectivity index (χ1n) is 10.1. The van der Waals surface area contributed by atoms with Crippen LogP contribution < -0.4 is 10.2 Å². The third kappa shape index (κ3) is 5.22. The molecule has 0 saturated carbocycles. The molecule has 1 aromatic heterocycles. The van der Waals surface area contributed by atoms with E-state index in [-0.39, 0.29) is 5.91 Å². The molecule has 3 aromatic rings. The molecule has 0 saturated heterocycles. The molecule has 31 heavy (non-hydrogen) atoms. The van der Waals surface area contributed by atoms with E-state index in [1.54, 1.807) is 19.1 Å². The van der Waals surface area contributed by atoms with Crippen molar-refractivity contribution in [3.63, 3.8) is 0 Å². The van der Waals surface area contributed by atoms with Crippen LogP contribution in [0.3, 0.4) is 0 Å². The van der Waals surface area contributed by atoms with E-state index in [2.05, 4.69) is 33.9 Å². The van der Waals surface area contributed by atoms with E-state index in [1.807, 2.05) is 69.5 Å². The first kappa shape index (κ1) is 21.9. The van der Waals surface area contributed by atoms with Gasteiger partial charge in [-0.15, -0.1) is 0 Å². The number of benzene rings is 2. The van der Waals surface area contributed by atoms with E-state index in [4.69, 9.17) is 4.98 Å². The number of H-pyrrole nitrogens is 1. The van der Waals surface area contributed by atoms with Crippen molar-refractivity contribution in [1.82, 2.24) is 14.9 Å². The molecular formula is C25H29N5O. The van der Waals surface area contributed by atoms with Gasteiger partial charge in [-0.3, -0.25) is 4.79 Å². The quantitative estimate of drug-likeness (QED) is 0.429. The molecule has 6 heteroatoms. The molecule has 0 radical (unpaired) electrons. The lowest BCUT2D eigenvalue weighted by Gasteiger charge is -2.12. The molecule has 0 aliphatic carbocycles. The molecule has 0 fully saturated rings. The van der Waals surface area contributed by atoms with Gasteiger partial charge in [0.15, 0.2) is 0 Å². The number of aromatic nitrogens is 2. The molecule has 6 nitrogen and oxygen atoms in total. The van der Waals surface area contributed by atoms with E-state index < -0.39 is 0 Å². The number of imidazole rings is 1. The Morgan fingerprint density at radius 1 is 1.10 bits per heavy atom. The summed E-state index contributed by atoms with van der Waals surface area (Å²) in [5.41, 5.74) is 6.06. The second-order valence-corrected chi connectivity index (χ2v) is 7.76. The first-order valence-corrected chi connectivity index (χ1v) is 10.1. The van der Waals surface area contributed by atoms with Crippen LogP contribution in [0, 0.1) is 0 Å². The van der Waals surface area contributed by atoms with Crippen LogP contribution in [0.15, 0.2) is 78.5 Å². The Labute approximate surface area is 183 Å². The van der Waals surface area contributed by atoms with Crippen molar-refractivity contribution < 1.29 is 4.79 Å². The molecule has 0 spiro atoms. The van der Waals surface area contributed by atoms with Gasteiger partial charge in [0.05, 0.1) is 11.0 Å². The molecule has 3 rings (SSSR count). The largest absolute Gasteiger partial charge is 0.378 e. The van der Waals surface area contributed by atoms with E-state index in [9.17, 15) is 4.79 Å². The number of fused-ring (bicyclic) bond motifs is 1. The summed E-state index contributed by atoms with van der Waals surface area (Å²) in [7, 11) is 7.89. The summed E-state index contributed by atoms with van der Waals surface area (Å²) in [6, 6.07) is 13.9. The Morgan fingerprint density at radius 2 is 1.87 bits per heavy atom. The van der Waals surface area contributed by atoms with Gasteiger partial charge in [0, 0.05) is 56.4 Å². The highest BCUT2D eigenvalue weighted by molar-refractivity contribution is 6.04. The van der Waals surface area contributed by atoms with Gasteiger partial charge in [-0.2, -0.15) is 0 Å². The van der Waals surface area contributed by atoms with Crippen molar-refractivity contribution in [2.24, 2.45) is 0 Å². The fourth-order valence-electron chi connectivity index (χ4n) is 3.07. The fraction of sp³-hybridized carbons (Fsp3) is 0.200. The minimum atomic E-state index is -0.160. The molecular weight excluding hydrogens is 386 g/mol. The number of amides is 1. The van der Waals surface area contributed by atoms with Crippen LogP contribution in [0.5, 0.6) is 0 Å². The zero-order chi connectivity index (χ0) is 22.5. The third-order valence-electron chi connectivity index (χ3n) is 4.96. The molecule has 2 aromatic carbocycles. The van der Waals surface area contributed by atoms with Crippen molar-refractivity contribution in [2.75, 3.05) is 38.4 Å². The van der Waals surface area contributed by atoms with Crippen molar-refractivity contribution >= 4 is 28.3 Å². The summed E-state index contributed by atoms with van der Waals surface area (Å²) in [5.74, 6) is 0.635. The van der Waals surface area contributed by atoms with Gasteiger partial charge >= 0.3 is 0 Å². The molecule has 0 atom stereocenters. The lowest BCUT2D eigenvalue weighted by atomic mass is 10.2. The van der Waals surface area contributed by atoms with E-state index in [1.165, 1.54) is 0 Å². The molecule has 2 N–H and O–H groups in total. The highest BCUT2D eigenvalue weighted by atomic mass is 16.1. The topological polar surface area (TPSA) is 64.3 Å².